The van der Waals surface area contributed by atoms with E-state index in [0.29, 0.717) is 23.2 Å². The van der Waals surface area contributed by atoms with Crippen LogP contribution >= 0.6 is 0 Å². The van der Waals surface area contributed by atoms with Gasteiger partial charge in [0.05, 0.1) is 5.56 Å². The maximum Gasteiger partial charge on any atom is 0.416 e. The summed E-state index contributed by atoms with van der Waals surface area (Å²) in [7, 11) is 0. The highest BCUT2D eigenvalue weighted by Gasteiger charge is 2.32. The molecular formula is C19H19F3N2O2. The fraction of sp³-hybridized carbons (Fsp3) is 0.316. The Morgan fingerprint density at radius 3 is 2.54 bits per heavy atom. The number of pyridine rings is 1. The maximum absolute atomic E-state index is 12.9. The van der Waals surface area contributed by atoms with Crippen LogP contribution in [0.3, 0.4) is 0 Å². The van der Waals surface area contributed by atoms with Crippen LogP contribution in [0, 0.1) is 6.92 Å². The number of carbonyl (C=O) groups excluding carboxylic acids is 2. The van der Waals surface area contributed by atoms with Gasteiger partial charge in [0.2, 0.25) is 0 Å². The summed E-state index contributed by atoms with van der Waals surface area (Å²) in [5, 5.41) is 2.59. The molecule has 0 bridgehead atoms. The Hall–Kier alpha value is -2.70. The van der Waals surface area contributed by atoms with E-state index in [9.17, 15) is 22.8 Å². The molecule has 0 atom stereocenters. The van der Waals surface area contributed by atoms with E-state index in [1.165, 1.54) is 31.3 Å². The molecule has 0 aliphatic heterocycles. The van der Waals surface area contributed by atoms with Gasteiger partial charge in [-0.3, -0.25) is 14.6 Å². The van der Waals surface area contributed by atoms with Crippen LogP contribution < -0.4 is 5.32 Å². The molecule has 0 saturated heterocycles. The summed E-state index contributed by atoms with van der Waals surface area (Å²) in [5.74, 6) is -0.430. The maximum atomic E-state index is 12.9. The van der Waals surface area contributed by atoms with E-state index in [-0.39, 0.29) is 24.3 Å². The van der Waals surface area contributed by atoms with E-state index in [2.05, 4.69) is 10.3 Å². The molecule has 7 heteroatoms. The summed E-state index contributed by atoms with van der Waals surface area (Å²) in [6, 6.07) is 6.96. The van der Waals surface area contributed by atoms with Gasteiger partial charge in [0.15, 0.2) is 0 Å². The van der Waals surface area contributed by atoms with E-state index in [1.807, 2.05) is 0 Å². The first-order chi connectivity index (χ1) is 12.2. The number of nitrogens with zero attached hydrogens (tertiary/aromatic N) is 1. The van der Waals surface area contributed by atoms with Gasteiger partial charge in [-0.15, -0.1) is 0 Å². The Labute approximate surface area is 149 Å². The zero-order valence-corrected chi connectivity index (χ0v) is 14.5. The predicted octanol–water partition coefficient (Wildman–Crippen LogP) is 3.86. The fourth-order valence-electron chi connectivity index (χ4n) is 2.41. The summed E-state index contributed by atoms with van der Waals surface area (Å²) >= 11 is 0. The minimum Gasteiger partial charge on any atom is -0.348 e. The van der Waals surface area contributed by atoms with Crippen molar-refractivity contribution in [2.45, 2.75) is 39.4 Å². The van der Waals surface area contributed by atoms with E-state index < -0.39 is 17.6 Å². The lowest BCUT2D eigenvalue weighted by atomic mass is 10.0. The number of aromatic nitrogens is 1. The minimum absolute atomic E-state index is 0.00870. The number of aryl methyl sites for hydroxylation is 1. The molecule has 1 heterocycles. The molecule has 2 rings (SSSR count). The average molecular weight is 364 g/mol. The Morgan fingerprint density at radius 2 is 1.88 bits per heavy atom. The number of halogens is 3. The largest absolute Gasteiger partial charge is 0.416 e. The first kappa shape index (κ1) is 19.6. The normalized spacial score (nSPS) is 11.3. The number of alkyl halides is 3. The third kappa shape index (κ3) is 5.15. The zero-order chi connectivity index (χ0) is 19.3. The second-order valence-corrected chi connectivity index (χ2v) is 5.93. The molecule has 26 heavy (non-hydrogen) atoms. The van der Waals surface area contributed by atoms with E-state index >= 15 is 0 Å². The number of nitrogens with one attached hydrogen (secondary N) is 1. The van der Waals surface area contributed by atoms with Crippen molar-refractivity contribution in [2.75, 3.05) is 0 Å². The van der Waals surface area contributed by atoms with Crippen LogP contribution in [-0.2, 0) is 23.9 Å². The lowest BCUT2D eigenvalue weighted by Gasteiger charge is -2.12. The minimum atomic E-state index is -4.43. The second kappa shape index (κ2) is 8.12. The van der Waals surface area contributed by atoms with Crippen LogP contribution in [0.15, 0.2) is 36.5 Å². The number of rotatable bonds is 6. The van der Waals surface area contributed by atoms with Crippen molar-refractivity contribution in [3.05, 3.63) is 64.5 Å². The molecule has 0 aliphatic carbocycles. The van der Waals surface area contributed by atoms with Crippen molar-refractivity contribution < 1.29 is 22.8 Å². The molecule has 0 radical (unpaired) electrons. The van der Waals surface area contributed by atoms with Gasteiger partial charge in [-0.25, -0.2) is 0 Å². The summed E-state index contributed by atoms with van der Waals surface area (Å²) in [6.07, 6.45) is -2.48. The number of benzene rings is 1. The summed E-state index contributed by atoms with van der Waals surface area (Å²) in [4.78, 5) is 27.8. The molecule has 1 aromatic carbocycles. The Kier molecular flexibility index (Phi) is 6.13. The van der Waals surface area contributed by atoms with Crippen molar-refractivity contribution in [2.24, 2.45) is 0 Å². The molecule has 0 unspecified atom stereocenters. The molecular weight excluding hydrogens is 345 g/mol. The molecule has 0 saturated carbocycles. The van der Waals surface area contributed by atoms with Crippen molar-refractivity contribution in [1.82, 2.24) is 10.3 Å². The monoisotopic (exact) mass is 364 g/mol. The summed E-state index contributed by atoms with van der Waals surface area (Å²) in [6.45, 7) is 3.10. The summed E-state index contributed by atoms with van der Waals surface area (Å²) < 4.78 is 38.8. The van der Waals surface area contributed by atoms with Gasteiger partial charge in [-0.1, -0.05) is 19.1 Å². The van der Waals surface area contributed by atoms with Gasteiger partial charge < -0.3 is 5.32 Å². The fourth-order valence-corrected chi connectivity index (χ4v) is 2.41. The molecule has 1 amide bonds. The number of hydrogen-bond acceptors (Lipinski definition) is 3. The second-order valence-electron chi connectivity index (χ2n) is 5.93. The molecule has 4 nitrogen and oxygen atoms in total. The Bertz CT molecular complexity index is 817. The van der Waals surface area contributed by atoms with Crippen LogP contribution in [0.4, 0.5) is 13.2 Å². The number of amides is 1. The average Bonchev–Trinajstić information content (AvgIpc) is 2.59. The van der Waals surface area contributed by atoms with Crippen LogP contribution in [-0.4, -0.2) is 16.7 Å². The first-order valence-electron chi connectivity index (χ1n) is 8.12. The molecule has 138 valence electrons. The highest BCUT2D eigenvalue weighted by Crippen LogP contribution is 2.32. The number of Topliss-reactive ketones (excluding diaryl/α,β-unsaturated/α-hetero) is 1. The van der Waals surface area contributed by atoms with Gasteiger partial charge in [0, 0.05) is 36.8 Å². The number of carbonyl (C=O) groups is 2. The lowest BCUT2D eigenvalue weighted by molar-refractivity contribution is -0.138. The molecule has 0 fully saturated rings. The molecule has 0 aliphatic rings. The zero-order valence-electron chi connectivity index (χ0n) is 14.5. The molecule has 1 aromatic heterocycles. The molecule has 1 N–H and O–H groups in total. The van der Waals surface area contributed by atoms with Gasteiger partial charge in [0.25, 0.3) is 5.91 Å². The topological polar surface area (TPSA) is 59.1 Å². The number of hydrogen-bond donors (Lipinski definition) is 1. The Balaban J connectivity index is 2.07. The van der Waals surface area contributed by atoms with E-state index in [0.717, 1.165) is 6.07 Å². The van der Waals surface area contributed by atoms with Gasteiger partial charge >= 0.3 is 6.18 Å². The van der Waals surface area contributed by atoms with Crippen LogP contribution in [0.2, 0.25) is 0 Å². The smallest absolute Gasteiger partial charge is 0.348 e. The van der Waals surface area contributed by atoms with Crippen molar-refractivity contribution >= 4 is 11.7 Å². The quantitative estimate of drug-likeness (QED) is 0.847. The Morgan fingerprint density at radius 1 is 1.15 bits per heavy atom. The van der Waals surface area contributed by atoms with Gasteiger partial charge in [0.1, 0.15) is 5.78 Å². The highest BCUT2D eigenvalue weighted by molar-refractivity contribution is 5.94. The van der Waals surface area contributed by atoms with Crippen LogP contribution in [0.5, 0.6) is 0 Å². The van der Waals surface area contributed by atoms with Gasteiger partial charge in [-0.2, -0.15) is 13.2 Å². The van der Waals surface area contributed by atoms with Crippen molar-refractivity contribution in [3.8, 4) is 0 Å². The van der Waals surface area contributed by atoms with Crippen molar-refractivity contribution in [1.29, 1.82) is 0 Å². The third-order valence-electron chi connectivity index (χ3n) is 3.91. The standard InChI is InChI=1S/C19H19F3N2O2/c1-3-16(25)10-15-9-14(6-7-23-15)18(26)24-11-13-5-4-12(2)17(8-13)19(20,21)22/h4-9H,3,10-11H2,1-2H3,(H,24,26). The SMILES string of the molecule is CCC(=O)Cc1cc(C(=O)NCc2ccc(C)c(C(F)(F)F)c2)ccn1. The van der Waals surface area contributed by atoms with Crippen molar-refractivity contribution in [3.63, 3.8) is 0 Å². The molecule has 0 spiro atoms. The molecule has 2 aromatic rings. The van der Waals surface area contributed by atoms with Gasteiger partial charge in [-0.05, 0) is 36.2 Å². The van der Waals surface area contributed by atoms with E-state index in [4.69, 9.17) is 0 Å². The number of ketones is 1. The predicted molar refractivity (Wildman–Crippen MR) is 90.6 cm³/mol. The third-order valence-corrected chi connectivity index (χ3v) is 3.91. The van der Waals surface area contributed by atoms with Crippen LogP contribution in [0.1, 0.15) is 46.1 Å². The highest BCUT2D eigenvalue weighted by atomic mass is 19.4. The van der Waals surface area contributed by atoms with Crippen LogP contribution in [0.25, 0.3) is 0 Å². The first-order valence-corrected chi connectivity index (χ1v) is 8.12. The summed E-state index contributed by atoms with van der Waals surface area (Å²) in [5.41, 5.74) is 0.563. The lowest BCUT2D eigenvalue weighted by Crippen LogP contribution is -2.23. The van der Waals surface area contributed by atoms with E-state index in [1.54, 1.807) is 13.0 Å².